The third-order valence-electron chi connectivity index (χ3n) is 2.59. The molecule has 2 unspecified atom stereocenters. The highest BCUT2D eigenvalue weighted by Crippen LogP contribution is 2.24. The van der Waals surface area contributed by atoms with Gasteiger partial charge in [-0.15, -0.1) is 11.3 Å². The molecule has 2 heterocycles. The van der Waals surface area contributed by atoms with E-state index >= 15 is 0 Å². The Balaban J connectivity index is 2.04. The van der Waals surface area contributed by atoms with Crippen LogP contribution in [0.3, 0.4) is 0 Å². The fourth-order valence-electron chi connectivity index (χ4n) is 2.04. The molecule has 5 heteroatoms. The summed E-state index contributed by atoms with van der Waals surface area (Å²) in [4.78, 5) is 6.94. The molecule has 0 spiro atoms. The molecule has 0 bridgehead atoms. The molecule has 0 amide bonds. The van der Waals surface area contributed by atoms with Crippen LogP contribution in [0.5, 0.6) is 0 Å². The lowest BCUT2D eigenvalue weighted by molar-refractivity contribution is -0.00523. The second-order valence-corrected chi connectivity index (χ2v) is 5.15. The Bertz CT molecular complexity index is 332. The van der Waals surface area contributed by atoms with E-state index in [1.54, 1.807) is 11.3 Å². The Morgan fingerprint density at radius 3 is 2.81 bits per heavy atom. The van der Waals surface area contributed by atoms with Crippen molar-refractivity contribution in [3.05, 3.63) is 11.1 Å². The molecule has 1 aromatic heterocycles. The minimum atomic E-state index is 0.292. The molecule has 1 N–H and O–H groups in total. The van der Waals surface area contributed by atoms with Crippen molar-refractivity contribution in [3.8, 4) is 0 Å². The van der Waals surface area contributed by atoms with Crippen LogP contribution >= 0.6 is 11.3 Å². The maximum Gasteiger partial charge on any atom is 0.185 e. The molecule has 0 saturated carbocycles. The van der Waals surface area contributed by atoms with E-state index in [-0.39, 0.29) is 0 Å². The first-order valence-corrected chi connectivity index (χ1v) is 6.56. The number of ether oxygens (including phenoxy) is 1. The number of hydrogen-bond donors (Lipinski definition) is 1. The number of hydrogen-bond acceptors (Lipinski definition) is 5. The second kappa shape index (κ2) is 5.12. The molecule has 1 aromatic rings. The molecular formula is C11H19N3OS. The van der Waals surface area contributed by atoms with Crippen molar-refractivity contribution in [2.75, 3.05) is 25.0 Å². The van der Waals surface area contributed by atoms with Gasteiger partial charge in [0.15, 0.2) is 5.13 Å². The predicted octanol–water partition coefficient (Wildman–Crippen LogP) is 1.48. The van der Waals surface area contributed by atoms with Gasteiger partial charge in [-0.25, -0.2) is 4.98 Å². The molecule has 1 aliphatic heterocycles. The summed E-state index contributed by atoms with van der Waals surface area (Å²) in [6, 6.07) is 0. The highest BCUT2D eigenvalue weighted by atomic mass is 32.1. The second-order valence-electron chi connectivity index (χ2n) is 4.31. The van der Waals surface area contributed by atoms with Crippen molar-refractivity contribution < 1.29 is 4.74 Å². The molecule has 2 atom stereocenters. The van der Waals surface area contributed by atoms with Crippen LogP contribution < -0.4 is 10.2 Å². The molecule has 0 aliphatic carbocycles. The summed E-state index contributed by atoms with van der Waals surface area (Å²) in [6.07, 6.45) is 0.584. The first kappa shape index (κ1) is 11.8. The average Bonchev–Trinajstić information content (AvgIpc) is 2.65. The maximum absolute atomic E-state index is 5.72. The van der Waals surface area contributed by atoms with Gasteiger partial charge >= 0.3 is 0 Å². The van der Waals surface area contributed by atoms with Gasteiger partial charge in [-0.05, 0) is 20.9 Å². The molecule has 2 rings (SSSR count). The highest BCUT2D eigenvalue weighted by molar-refractivity contribution is 7.13. The molecule has 0 aromatic carbocycles. The minimum Gasteiger partial charge on any atom is -0.372 e. The van der Waals surface area contributed by atoms with E-state index in [9.17, 15) is 0 Å². The van der Waals surface area contributed by atoms with Crippen LogP contribution in [0.2, 0.25) is 0 Å². The Morgan fingerprint density at radius 2 is 2.19 bits per heavy atom. The van der Waals surface area contributed by atoms with Gasteiger partial charge in [0.05, 0.1) is 17.9 Å². The normalized spacial score (nSPS) is 26.1. The van der Waals surface area contributed by atoms with E-state index in [1.807, 2.05) is 7.05 Å². The van der Waals surface area contributed by atoms with E-state index in [2.05, 4.69) is 34.4 Å². The Labute approximate surface area is 101 Å². The number of nitrogens with zero attached hydrogens (tertiary/aromatic N) is 2. The molecule has 4 nitrogen and oxygen atoms in total. The van der Waals surface area contributed by atoms with Gasteiger partial charge in [0, 0.05) is 25.0 Å². The van der Waals surface area contributed by atoms with Crippen molar-refractivity contribution in [1.82, 2.24) is 10.3 Å². The molecule has 1 saturated heterocycles. The first-order valence-electron chi connectivity index (χ1n) is 5.68. The molecular weight excluding hydrogens is 222 g/mol. The fraction of sp³-hybridized carbons (Fsp3) is 0.727. The van der Waals surface area contributed by atoms with Gasteiger partial charge in [0.2, 0.25) is 0 Å². The minimum absolute atomic E-state index is 0.292. The number of anilines is 1. The van der Waals surface area contributed by atoms with Crippen LogP contribution in [0.25, 0.3) is 0 Å². The Hall–Kier alpha value is -0.650. The smallest absolute Gasteiger partial charge is 0.185 e. The van der Waals surface area contributed by atoms with Gasteiger partial charge in [0.1, 0.15) is 0 Å². The highest BCUT2D eigenvalue weighted by Gasteiger charge is 2.23. The zero-order valence-corrected chi connectivity index (χ0v) is 10.9. The fourth-order valence-corrected chi connectivity index (χ4v) is 2.88. The summed E-state index contributed by atoms with van der Waals surface area (Å²) in [5.41, 5.74) is 1.12. The van der Waals surface area contributed by atoms with Crippen LogP contribution in [0, 0.1) is 0 Å². The summed E-state index contributed by atoms with van der Waals surface area (Å²) in [5, 5.41) is 6.36. The van der Waals surface area contributed by atoms with Gasteiger partial charge in [-0.3, -0.25) is 0 Å². The van der Waals surface area contributed by atoms with E-state index in [4.69, 9.17) is 4.74 Å². The zero-order chi connectivity index (χ0) is 11.5. The van der Waals surface area contributed by atoms with Crippen molar-refractivity contribution in [3.63, 3.8) is 0 Å². The van der Waals surface area contributed by atoms with Gasteiger partial charge in [0.25, 0.3) is 0 Å². The average molecular weight is 241 g/mol. The van der Waals surface area contributed by atoms with Crippen molar-refractivity contribution in [2.45, 2.75) is 32.6 Å². The lowest BCUT2D eigenvalue weighted by Gasteiger charge is -2.35. The largest absolute Gasteiger partial charge is 0.372 e. The van der Waals surface area contributed by atoms with Gasteiger partial charge < -0.3 is 15.0 Å². The third-order valence-corrected chi connectivity index (χ3v) is 3.54. The van der Waals surface area contributed by atoms with Crippen LogP contribution in [0.4, 0.5) is 5.13 Å². The number of nitrogens with one attached hydrogen (secondary N) is 1. The number of aromatic nitrogens is 1. The quantitative estimate of drug-likeness (QED) is 0.869. The molecule has 0 radical (unpaired) electrons. The van der Waals surface area contributed by atoms with Crippen LogP contribution in [-0.2, 0) is 11.3 Å². The van der Waals surface area contributed by atoms with Gasteiger partial charge in [-0.1, -0.05) is 0 Å². The summed E-state index contributed by atoms with van der Waals surface area (Å²) >= 11 is 1.72. The molecule has 1 aliphatic rings. The molecule has 90 valence electrons. The summed E-state index contributed by atoms with van der Waals surface area (Å²) in [7, 11) is 1.94. The standard InChI is InChI=1S/C11H19N3OS/c1-8-5-14(6-9(2)15-8)11-13-10(4-12-3)7-16-11/h7-9,12H,4-6H2,1-3H3. The van der Waals surface area contributed by atoms with Gasteiger partial charge in [-0.2, -0.15) is 0 Å². The summed E-state index contributed by atoms with van der Waals surface area (Å²) < 4.78 is 5.72. The molecule has 16 heavy (non-hydrogen) atoms. The lowest BCUT2D eigenvalue weighted by Crippen LogP contribution is -2.45. The lowest BCUT2D eigenvalue weighted by atomic mass is 10.2. The predicted molar refractivity (Wildman–Crippen MR) is 67.1 cm³/mol. The van der Waals surface area contributed by atoms with Crippen molar-refractivity contribution in [1.29, 1.82) is 0 Å². The van der Waals surface area contributed by atoms with E-state index in [1.165, 1.54) is 0 Å². The van der Waals surface area contributed by atoms with E-state index in [0.29, 0.717) is 12.2 Å². The van der Waals surface area contributed by atoms with Crippen LogP contribution in [-0.4, -0.2) is 37.3 Å². The van der Waals surface area contributed by atoms with Crippen LogP contribution in [0.15, 0.2) is 5.38 Å². The summed E-state index contributed by atoms with van der Waals surface area (Å²) in [6.45, 7) is 6.95. The number of thiazole rings is 1. The topological polar surface area (TPSA) is 37.4 Å². The summed E-state index contributed by atoms with van der Waals surface area (Å²) in [5.74, 6) is 0. The number of morpholine rings is 1. The van der Waals surface area contributed by atoms with E-state index in [0.717, 1.165) is 30.5 Å². The number of rotatable bonds is 3. The first-order chi connectivity index (χ1) is 7.69. The third kappa shape index (κ3) is 2.72. The van der Waals surface area contributed by atoms with Crippen molar-refractivity contribution >= 4 is 16.5 Å². The van der Waals surface area contributed by atoms with Crippen molar-refractivity contribution in [2.24, 2.45) is 0 Å². The Morgan fingerprint density at radius 1 is 1.50 bits per heavy atom. The van der Waals surface area contributed by atoms with Crippen LogP contribution in [0.1, 0.15) is 19.5 Å². The Kier molecular flexibility index (Phi) is 3.78. The monoisotopic (exact) mass is 241 g/mol. The SMILES string of the molecule is CNCc1csc(N2CC(C)OC(C)C2)n1. The zero-order valence-electron chi connectivity index (χ0n) is 10.1. The molecule has 1 fully saturated rings. The maximum atomic E-state index is 5.72. The van der Waals surface area contributed by atoms with E-state index < -0.39 is 0 Å².